The number of hydrogen-bond donors (Lipinski definition) is 0. The second-order valence-electron chi connectivity index (χ2n) is 4.34. The number of thioether (sulfide) groups is 1. The summed E-state index contributed by atoms with van der Waals surface area (Å²) in [5.74, 6) is 0.762. The van der Waals surface area contributed by atoms with Crippen LogP contribution in [-0.2, 0) is 9.59 Å². The van der Waals surface area contributed by atoms with Crippen LogP contribution in [0.2, 0.25) is 0 Å². The van der Waals surface area contributed by atoms with Crippen molar-refractivity contribution in [3.63, 3.8) is 0 Å². The third-order valence-electron chi connectivity index (χ3n) is 2.88. The number of nitrogens with zero attached hydrogens (tertiary/aromatic N) is 1. The Kier molecular flexibility index (Phi) is 4.47. The lowest BCUT2D eigenvalue weighted by Crippen LogP contribution is -2.25. The first-order valence-electron chi connectivity index (χ1n) is 6.31. The van der Waals surface area contributed by atoms with Crippen LogP contribution in [0.1, 0.15) is 20.3 Å². The summed E-state index contributed by atoms with van der Waals surface area (Å²) in [5, 5.41) is 0.0948. The fraction of sp³-hybridized carbons (Fsp3) is 0.429. The second kappa shape index (κ2) is 6.10. The Balaban J connectivity index is 2.18. The molecular formula is C14H17NO3S. The molecule has 1 heterocycles. The van der Waals surface area contributed by atoms with Gasteiger partial charge in [0.25, 0.3) is 0 Å². The Morgan fingerprint density at radius 1 is 1.47 bits per heavy atom. The Hall–Kier alpha value is -1.49. The molecular weight excluding hydrogens is 262 g/mol. The van der Waals surface area contributed by atoms with Gasteiger partial charge in [-0.25, -0.2) is 0 Å². The van der Waals surface area contributed by atoms with Gasteiger partial charge in [-0.15, -0.1) is 0 Å². The normalized spacial score (nSPS) is 18.7. The van der Waals surface area contributed by atoms with Crippen LogP contribution in [0.25, 0.3) is 0 Å². The van der Waals surface area contributed by atoms with Crippen molar-refractivity contribution in [2.75, 3.05) is 18.1 Å². The first-order valence-corrected chi connectivity index (χ1v) is 7.19. The zero-order chi connectivity index (χ0) is 13.8. The average Bonchev–Trinajstić information content (AvgIpc) is 2.70. The van der Waals surface area contributed by atoms with Gasteiger partial charge in [0.2, 0.25) is 5.91 Å². The second-order valence-corrected chi connectivity index (χ2v) is 5.82. The average molecular weight is 279 g/mol. The molecule has 0 aromatic heterocycles. The van der Waals surface area contributed by atoms with Crippen LogP contribution in [0.15, 0.2) is 24.3 Å². The van der Waals surface area contributed by atoms with Crippen LogP contribution in [0.4, 0.5) is 5.69 Å². The van der Waals surface area contributed by atoms with Crippen molar-refractivity contribution in [1.82, 2.24) is 0 Å². The molecule has 0 bridgehead atoms. The number of carbonyl (C=O) groups excluding carboxylic acids is 2. The minimum Gasteiger partial charge on any atom is -0.492 e. The highest BCUT2D eigenvalue weighted by molar-refractivity contribution is 8.14. The fourth-order valence-corrected chi connectivity index (χ4v) is 3.10. The minimum atomic E-state index is 0.0414. The van der Waals surface area contributed by atoms with Crippen LogP contribution in [0.5, 0.6) is 5.75 Å². The van der Waals surface area contributed by atoms with E-state index in [0.29, 0.717) is 25.3 Å². The van der Waals surface area contributed by atoms with Gasteiger partial charge in [0.1, 0.15) is 5.75 Å². The van der Waals surface area contributed by atoms with Crippen molar-refractivity contribution in [3.8, 4) is 5.75 Å². The van der Waals surface area contributed by atoms with Crippen LogP contribution >= 0.6 is 11.8 Å². The molecule has 2 rings (SSSR count). The summed E-state index contributed by atoms with van der Waals surface area (Å²) >= 11 is 1.24. The number of para-hydroxylation sites is 2. The standard InChI is InChI=1S/C14H17NO3S/c1-3-18-13-7-5-4-6-12(13)15-9-11(8-14(15)17)19-10(2)16/h4-7,11H,3,8-9H2,1-2H3. The smallest absolute Gasteiger partial charge is 0.228 e. The summed E-state index contributed by atoms with van der Waals surface area (Å²) in [4.78, 5) is 24.9. The van der Waals surface area contributed by atoms with Gasteiger partial charge in [0.05, 0.1) is 12.3 Å². The van der Waals surface area contributed by atoms with Crippen molar-refractivity contribution >= 4 is 28.5 Å². The molecule has 1 aliphatic rings. The van der Waals surface area contributed by atoms with E-state index in [0.717, 1.165) is 5.69 Å². The highest BCUT2D eigenvalue weighted by Gasteiger charge is 2.33. The predicted octanol–water partition coefficient (Wildman–Crippen LogP) is 2.47. The van der Waals surface area contributed by atoms with Gasteiger partial charge >= 0.3 is 0 Å². The molecule has 1 fully saturated rings. The van der Waals surface area contributed by atoms with Gasteiger partial charge in [0, 0.05) is 25.1 Å². The van der Waals surface area contributed by atoms with Crippen molar-refractivity contribution in [3.05, 3.63) is 24.3 Å². The molecule has 4 nitrogen and oxygen atoms in total. The molecule has 0 saturated carbocycles. The van der Waals surface area contributed by atoms with Crippen LogP contribution in [0.3, 0.4) is 0 Å². The quantitative estimate of drug-likeness (QED) is 0.849. The van der Waals surface area contributed by atoms with Gasteiger partial charge in [0.15, 0.2) is 5.12 Å². The number of hydrogen-bond acceptors (Lipinski definition) is 4. The zero-order valence-corrected chi connectivity index (χ0v) is 11.9. The third-order valence-corrected chi connectivity index (χ3v) is 3.86. The van der Waals surface area contributed by atoms with Crippen LogP contribution in [0, 0.1) is 0 Å². The molecule has 102 valence electrons. The molecule has 1 aliphatic heterocycles. The minimum absolute atomic E-state index is 0.0414. The first kappa shape index (κ1) is 13.9. The van der Waals surface area contributed by atoms with Crippen LogP contribution in [-0.4, -0.2) is 29.4 Å². The number of rotatable bonds is 4. The zero-order valence-electron chi connectivity index (χ0n) is 11.1. The summed E-state index contributed by atoms with van der Waals surface area (Å²) in [6, 6.07) is 7.51. The Labute approximate surface area is 117 Å². The molecule has 0 spiro atoms. The number of carbonyl (C=O) groups is 2. The molecule has 1 aromatic carbocycles. The fourth-order valence-electron chi connectivity index (χ4n) is 2.18. The molecule has 1 atom stereocenters. The van der Waals surface area contributed by atoms with Gasteiger partial charge in [-0.1, -0.05) is 23.9 Å². The molecule has 19 heavy (non-hydrogen) atoms. The SMILES string of the molecule is CCOc1ccccc1N1CC(SC(C)=O)CC1=O. The van der Waals surface area contributed by atoms with Crippen molar-refractivity contribution in [1.29, 1.82) is 0 Å². The largest absolute Gasteiger partial charge is 0.492 e. The predicted molar refractivity (Wildman–Crippen MR) is 76.6 cm³/mol. The van der Waals surface area contributed by atoms with Crippen LogP contribution < -0.4 is 9.64 Å². The maximum absolute atomic E-state index is 12.1. The number of amides is 1. The lowest BCUT2D eigenvalue weighted by atomic mass is 10.2. The Morgan fingerprint density at radius 3 is 2.89 bits per heavy atom. The molecule has 1 unspecified atom stereocenters. The number of benzene rings is 1. The topological polar surface area (TPSA) is 46.6 Å². The molecule has 1 amide bonds. The summed E-state index contributed by atoms with van der Waals surface area (Å²) in [5.41, 5.74) is 0.793. The van der Waals surface area contributed by atoms with Crippen molar-refractivity contribution in [2.24, 2.45) is 0 Å². The van der Waals surface area contributed by atoms with E-state index in [9.17, 15) is 9.59 Å². The molecule has 0 aliphatic carbocycles. The Morgan fingerprint density at radius 2 is 2.21 bits per heavy atom. The van der Waals surface area contributed by atoms with E-state index in [1.54, 1.807) is 4.90 Å². The molecule has 0 N–H and O–H groups in total. The third kappa shape index (κ3) is 3.29. The monoisotopic (exact) mass is 279 g/mol. The molecule has 1 aromatic rings. The summed E-state index contributed by atoms with van der Waals surface area (Å²) in [6.07, 6.45) is 0.407. The lowest BCUT2D eigenvalue weighted by Gasteiger charge is -2.19. The van der Waals surface area contributed by atoms with Gasteiger partial charge in [-0.05, 0) is 19.1 Å². The maximum Gasteiger partial charge on any atom is 0.228 e. The molecule has 1 saturated heterocycles. The summed E-state index contributed by atoms with van der Waals surface area (Å²) in [7, 11) is 0. The Bertz CT molecular complexity index is 489. The number of ether oxygens (including phenoxy) is 1. The van der Waals surface area contributed by atoms with E-state index in [2.05, 4.69) is 0 Å². The number of anilines is 1. The maximum atomic E-state index is 12.1. The van der Waals surface area contributed by atoms with E-state index in [1.807, 2.05) is 31.2 Å². The van der Waals surface area contributed by atoms with E-state index in [1.165, 1.54) is 18.7 Å². The highest BCUT2D eigenvalue weighted by Crippen LogP contribution is 2.34. The molecule has 0 radical (unpaired) electrons. The lowest BCUT2D eigenvalue weighted by molar-refractivity contribution is -0.117. The van der Waals surface area contributed by atoms with Crippen molar-refractivity contribution in [2.45, 2.75) is 25.5 Å². The van der Waals surface area contributed by atoms with E-state index < -0.39 is 0 Å². The summed E-state index contributed by atoms with van der Waals surface area (Å²) in [6.45, 7) is 4.57. The van der Waals surface area contributed by atoms with E-state index >= 15 is 0 Å². The first-order chi connectivity index (χ1) is 9.11. The highest BCUT2D eigenvalue weighted by atomic mass is 32.2. The van der Waals surface area contributed by atoms with Gasteiger partial charge in [-0.3, -0.25) is 9.59 Å². The van der Waals surface area contributed by atoms with E-state index in [-0.39, 0.29) is 16.3 Å². The van der Waals surface area contributed by atoms with Gasteiger partial charge < -0.3 is 9.64 Å². The van der Waals surface area contributed by atoms with Crippen molar-refractivity contribution < 1.29 is 14.3 Å². The van der Waals surface area contributed by atoms with Gasteiger partial charge in [-0.2, -0.15) is 0 Å². The summed E-state index contributed by atoms with van der Waals surface area (Å²) < 4.78 is 5.55. The van der Waals surface area contributed by atoms with E-state index in [4.69, 9.17) is 4.74 Å². The molecule has 5 heteroatoms.